The zero-order chi connectivity index (χ0) is 15.5. The van der Waals surface area contributed by atoms with Crippen molar-refractivity contribution in [2.24, 2.45) is 0 Å². The molecular weight excluding hydrogens is 383 g/mol. The van der Waals surface area contributed by atoms with E-state index in [9.17, 15) is 0 Å². The van der Waals surface area contributed by atoms with Crippen molar-refractivity contribution in [3.05, 3.63) is 68.1 Å². The van der Waals surface area contributed by atoms with Crippen molar-refractivity contribution in [2.75, 3.05) is 26.2 Å². The normalized spacial score (nSPS) is 17.4. The molecule has 1 atom stereocenters. The number of hydrogen-bond donors (Lipinski definition) is 1. The molecule has 2 nitrogen and oxygen atoms in total. The van der Waals surface area contributed by atoms with E-state index >= 15 is 0 Å². The van der Waals surface area contributed by atoms with Crippen LogP contribution in [0.3, 0.4) is 0 Å². The average molecular weight is 400 g/mol. The van der Waals surface area contributed by atoms with Gasteiger partial charge in [0.05, 0.1) is 6.04 Å². The maximum absolute atomic E-state index is 6.50. The molecule has 2 aromatic carbocycles. The number of nitrogens with zero attached hydrogens (tertiary/aromatic N) is 1. The molecule has 0 bridgehead atoms. The second-order valence-electron chi connectivity index (χ2n) is 5.38. The van der Waals surface area contributed by atoms with E-state index in [-0.39, 0.29) is 6.04 Å². The third-order valence-corrected chi connectivity index (χ3v) is 5.26. The predicted molar refractivity (Wildman–Crippen MR) is 96.9 cm³/mol. The lowest BCUT2D eigenvalue weighted by molar-refractivity contribution is 0.198. The molecule has 1 unspecified atom stereocenters. The van der Waals surface area contributed by atoms with Crippen LogP contribution in [0, 0.1) is 0 Å². The average Bonchev–Trinajstić information content (AvgIpc) is 2.52. The van der Waals surface area contributed by atoms with E-state index in [4.69, 9.17) is 23.2 Å². The van der Waals surface area contributed by atoms with Crippen LogP contribution in [0.1, 0.15) is 17.2 Å². The topological polar surface area (TPSA) is 15.3 Å². The van der Waals surface area contributed by atoms with Gasteiger partial charge >= 0.3 is 0 Å². The molecular formula is C17H17BrCl2N2. The van der Waals surface area contributed by atoms with Gasteiger partial charge in [-0.25, -0.2) is 0 Å². The van der Waals surface area contributed by atoms with E-state index in [1.54, 1.807) is 0 Å². The van der Waals surface area contributed by atoms with Crippen LogP contribution in [0.5, 0.6) is 0 Å². The molecule has 2 aromatic rings. The van der Waals surface area contributed by atoms with Crippen molar-refractivity contribution in [3.63, 3.8) is 0 Å². The third kappa shape index (κ3) is 3.50. The molecule has 116 valence electrons. The van der Waals surface area contributed by atoms with Gasteiger partial charge in [0.2, 0.25) is 0 Å². The second kappa shape index (κ2) is 7.33. The van der Waals surface area contributed by atoms with Crippen molar-refractivity contribution in [2.45, 2.75) is 6.04 Å². The quantitative estimate of drug-likeness (QED) is 0.800. The van der Waals surface area contributed by atoms with Crippen LogP contribution in [-0.4, -0.2) is 31.1 Å². The van der Waals surface area contributed by atoms with Gasteiger partial charge < -0.3 is 5.32 Å². The van der Waals surface area contributed by atoms with Crippen LogP contribution in [0.4, 0.5) is 0 Å². The molecule has 0 saturated carbocycles. The molecule has 0 spiro atoms. The number of halogens is 3. The molecule has 5 heteroatoms. The Morgan fingerprint density at radius 2 is 1.73 bits per heavy atom. The summed E-state index contributed by atoms with van der Waals surface area (Å²) in [5, 5.41) is 4.78. The van der Waals surface area contributed by atoms with Crippen LogP contribution in [-0.2, 0) is 0 Å². The summed E-state index contributed by atoms with van der Waals surface area (Å²) in [6, 6.07) is 14.2. The standard InChI is InChI=1S/C17H17BrCl2N2/c18-15-4-2-1-3-13(15)17(22-9-7-21-8-10-22)14-6-5-12(19)11-16(14)20/h1-6,11,17,21H,7-10H2. The summed E-state index contributed by atoms with van der Waals surface area (Å²) in [4.78, 5) is 2.46. The van der Waals surface area contributed by atoms with E-state index in [1.165, 1.54) is 5.56 Å². The van der Waals surface area contributed by atoms with Gasteiger partial charge in [-0.15, -0.1) is 0 Å². The molecule has 1 heterocycles. The minimum Gasteiger partial charge on any atom is -0.314 e. The second-order valence-corrected chi connectivity index (χ2v) is 7.07. The Hall–Kier alpha value is -0.580. The minimum atomic E-state index is 0.127. The molecule has 22 heavy (non-hydrogen) atoms. The summed E-state index contributed by atoms with van der Waals surface area (Å²) < 4.78 is 1.10. The third-order valence-electron chi connectivity index (χ3n) is 3.97. The van der Waals surface area contributed by atoms with Crippen molar-refractivity contribution < 1.29 is 0 Å². The van der Waals surface area contributed by atoms with Gasteiger partial charge in [-0.2, -0.15) is 0 Å². The highest BCUT2D eigenvalue weighted by Gasteiger charge is 2.27. The first kappa shape index (κ1) is 16.3. The van der Waals surface area contributed by atoms with Gasteiger partial charge in [-0.1, -0.05) is 63.4 Å². The highest BCUT2D eigenvalue weighted by atomic mass is 79.9. The fourth-order valence-corrected chi connectivity index (χ4v) is 3.93. The lowest BCUT2D eigenvalue weighted by atomic mass is 9.96. The molecule has 0 amide bonds. The molecule has 1 fully saturated rings. The number of nitrogens with one attached hydrogen (secondary N) is 1. The first-order valence-corrected chi connectivity index (χ1v) is 8.86. The van der Waals surface area contributed by atoms with Crippen LogP contribution in [0.25, 0.3) is 0 Å². The van der Waals surface area contributed by atoms with Crippen LogP contribution in [0.2, 0.25) is 10.0 Å². The maximum Gasteiger partial charge on any atom is 0.0628 e. The Balaban J connectivity index is 2.08. The van der Waals surface area contributed by atoms with Crippen LogP contribution in [0.15, 0.2) is 46.9 Å². The zero-order valence-corrected chi connectivity index (χ0v) is 15.1. The van der Waals surface area contributed by atoms with E-state index < -0.39 is 0 Å². The fraction of sp³-hybridized carbons (Fsp3) is 0.294. The number of piperazine rings is 1. The molecule has 0 aliphatic carbocycles. The summed E-state index contributed by atoms with van der Waals surface area (Å²) >= 11 is 16.3. The summed E-state index contributed by atoms with van der Waals surface area (Å²) in [6.07, 6.45) is 0. The highest BCUT2D eigenvalue weighted by molar-refractivity contribution is 9.10. The van der Waals surface area contributed by atoms with Crippen molar-refractivity contribution in [1.29, 1.82) is 0 Å². The molecule has 1 aliphatic heterocycles. The van der Waals surface area contributed by atoms with Gasteiger partial charge in [-0.05, 0) is 29.3 Å². The lowest BCUT2D eigenvalue weighted by Gasteiger charge is -2.36. The summed E-state index contributed by atoms with van der Waals surface area (Å²) in [7, 11) is 0. The summed E-state index contributed by atoms with van der Waals surface area (Å²) in [5.41, 5.74) is 2.33. The van der Waals surface area contributed by atoms with Gasteiger partial charge in [0.15, 0.2) is 0 Å². The Bertz CT molecular complexity index is 657. The fourth-order valence-electron chi connectivity index (χ4n) is 2.92. The number of benzene rings is 2. The van der Waals surface area contributed by atoms with Crippen LogP contribution < -0.4 is 5.32 Å². The largest absolute Gasteiger partial charge is 0.314 e. The van der Waals surface area contributed by atoms with Gasteiger partial charge in [0.1, 0.15) is 0 Å². The predicted octanol–water partition coefficient (Wildman–Crippen LogP) is 4.75. The van der Waals surface area contributed by atoms with E-state index in [0.717, 1.165) is 36.2 Å². The first-order valence-electron chi connectivity index (χ1n) is 7.31. The number of hydrogen-bond acceptors (Lipinski definition) is 2. The Labute approximate surface area is 149 Å². The van der Waals surface area contributed by atoms with E-state index in [0.29, 0.717) is 10.0 Å². The maximum atomic E-state index is 6.50. The van der Waals surface area contributed by atoms with Gasteiger partial charge in [0.25, 0.3) is 0 Å². The monoisotopic (exact) mass is 398 g/mol. The first-order chi connectivity index (χ1) is 10.7. The molecule has 0 radical (unpaired) electrons. The van der Waals surface area contributed by atoms with Crippen LogP contribution >= 0.6 is 39.1 Å². The smallest absolute Gasteiger partial charge is 0.0628 e. The molecule has 3 rings (SSSR count). The molecule has 1 N–H and O–H groups in total. The number of rotatable bonds is 3. The van der Waals surface area contributed by atoms with Gasteiger partial charge in [-0.3, -0.25) is 4.90 Å². The van der Waals surface area contributed by atoms with E-state index in [1.807, 2.05) is 24.3 Å². The van der Waals surface area contributed by atoms with Crippen molar-refractivity contribution >= 4 is 39.1 Å². The minimum absolute atomic E-state index is 0.127. The van der Waals surface area contributed by atoms with Crippen molar-refractivity contribution in [3.8, 4) is 0 Å². The molecule has 1 saturated heterocycles. The molecule has 1 aliphatic rings. The SMILES string of the molecule is Clc1ccc(C(c2ccccc2Br)N2CCNCC2)c(Cl)c1. The zero-order valence-electron chi connectivity index (χ0n) is 12.0. The lowest BCUT2D eigenvalue weighted by Crippen LogP contribution is -2.45. The highest BCUT2D eigenvalue weighted by Crippen LogP contribution is 2.37. The Morgan fingerprint density at radius 1 is 1.00 bits per heavy atom. The Morgan fingerprint density at radius 3 is 2.41 bits per heavy atom. The van der Waals surface area contributed by atoms with Gasteiger partial charge in [0, 0.05) is 40.7 Å². The Kier molecular flexibility index (Phi) is 5.42. The summed E-state index contributed by atoms with van der Waals surface area (Å²) in [5.74, 6) is 0. The van der Waals surface area contributed by atoms with Crippen molar-refractivity contribution in [1.82, 2.24) is 10.2 Å². The van der Waals surface area contributed by atoms with E-state index in [2.05, 4.69) is 44.3 Å². The summed E-state index contributed by atoms with van der Waals surface area (Å²) in [6.45, 7) is 3.97. The molecule has 0 aromatic heterocycles.